The molecule has 74 valence electrons. The molecule has 0 N–H and O–H groups in total. The van der Waals surface area contributed by atoms with Gasteiger partial charge in [-0.2, -0.15) is 5.26 Å². The number of nitrogens with zero attached hydrogens (tertiary/aromatic N) is 3. The SMILES string of the molecule is Cn1c(=O)c(C#N)cc2nc(Cl)ccc21. The molecule has 2 heterocycles. The molecule has 0 aliphatic carbocycles. The maximum atomic E-state index is 11.6. The van der Waals surface area contributed by atoms with Crippen molar-refractivity contribution < 1.29 is 0 Å². The van der Waals surface area contributed by atoms with Gasteiger partial charge in [0, 0.05) is 7.05 Å². The summed E-state index contributed by atoms with van der Waals surface area (Å²) in [6.45, 7) is 0. The largest absolute Gasteiger partial charge is 0.309 e. The first-order valence-corrected chi connectivity index (χ1v) is 4.57. The monoisotopic (exact) mass is 219 g/mol. The summed E-state index contributed by atoms with van der Waals surface area (Å²) in [6.07, 6.45) is 0. The Morgan fingerprint density at radius 2 is 2.27 bits per heavy atom. The smallest absolute Gasteiger partial charge is 0.268 e. The number of fused-ring (bicyclic) bond motifs is 1. The molecular formula is C10H6ClN3O. The highest BCUT2D eigenvalue weighted by molar-refractivity contribution is 6.29. The Kier molecular flexibility index (Phi) is 2.18. The highest BCUT2D eigenvalue weighted by Crippen LogP contribution is 2.13. The van der Waals surface area contributed by atoms with Gasteiger partial charge in [-0.05, 0) is 18.2 Å². The van der Waals surface area contributed by atoms with Crippen molar-refractivity contribution >= 4 is 22.6 Å². The molecule has 0 bridgehead atoms. The van der Waals surface area contributed by atoms with E-state index >= 15 is 0 Å². The third-order valence-electron chi connectivity index (χ3n) is 2.17. The van der Waals surface area contributed by atoms with Crippen LogP contribution in [0.1, 0.15) is 5.56 Å². The van der Waals surface area contributed by atoms with E-state index in [1.54, 1.807) is 19.2 Å². The van der Waals surface area contributed by atoms with Gasteiger partial charge in [-0.1, -0.05) is 11.6 Å². The number of hydrogen-bond acceptors (Lipinski definition) is 3. The Morgan fingerprint density at radius 3 is 2.93 bits per heavy atom. The lowest BCUT2D eigenvalue weighted by atomic mass is 10.2. The summed E-state index contributed by atoms with van der Waals surface area (Å²) in [6, 6.07) is 6.59. The molecule has 0 unspecified atom stereocenters. The normalized spacial score (nSPS) is 10.2. The molecule has 0 aliphatic rings. The average Bonchev–Trinajstić information content (AvgIpc) is 2.23. The molecule has 0 aromatic carbocycles. The van der Waals surface area contributed by atoms with Crippen LogP contribution in [-0.2, 0) is 7.05 Å². The zero-order valence-electron chi connectivity index (χ0n) is 7.86. The van der Waals surface area contributed by atoms with Crippen LogP contribution in [0.5, 0.6) is 0 Å². The minimum atomic E-state index is -0.325. The average molecular weight is 220 g/mol. The van der Waals surface area contributed by atoms with Crippen LogP contribution < -0.4 is 5.56 Å². The fraction of sp³-hybridized carbons (Fsp3) is 0.100. The molecule has 0 spiro atoms. The van der Waals surface area contributed by atoms with Crippen molar-refractivity contribution in [2.24, 2.45) is 7.05 Å². The van der Waals surface area contributed by atoms with E-state index in [9.17, 15) is 4.79 Å². The zero-order chi connectivity index (χ0) is 11.0. The number of aryl methyl sites for hydroxylation is 1. The van der Waals surface area contributed by atoms with Crippen LogP contribution in [-0.4, -0.2) is 9.55 Å². The molecule has 0 saturated carbocycles. The summed E-state index contributed by atoms with van der Waals surface area (Å²) in [4.78, 5) is 15.6. The molecule has 2 rings (SSSR count). The van der Waals surface area contributed by atoms with Crippen LogP contribution in [0.25, 0.3) is 11.0 Å². The van der Waals surface area contributed by atoms with Gasteiger partial charge in [0.2, 0.25) is 0 Å². The first kappa shape index (κ1) is 9.69. The number of hydrogen-bond donors (Lipinski definition) is 0. The van der Waals surface area contributed by atoms with Crippen molar-refractivity contribution in [3.05, 3.63) is 39.3 Å². The first-order chi connectivity index (χ1) is 7.13. The molecule has 5 heteroatoms. The van der Waals surface area contributed by atoms with E-state index in [0.29, 0.717) is 16.2 Å². The van der Waals surface area contributed by atoms with Gasteiger partial charge in [0.05, 0.1) is 11.0 Å². The molecule has 0 fully saturated rings. The third kappa shape index (κ3) is 1.47. The number of pyridine rings is 2. The second-order valence-corrected chi connectivity index (χ2v) is 3.46. The Labute approximate surface area is 90.3 Å². The van der Waals surface area contributed by atoms with Gasteiger partial charge >= 0.3 is 0 Å². The maximum absolute atomic E-state index is 11.6. The van der Waals surface area contributed by atoms with Gasteiger partial charge in [0.25, 0.3) is 5.56 Å². The van der Waals surface area contributed by atoms with Gasteiger partial charge < -0.3 is 4.57 Å². The lowest BCUT2D eigenvalue weighted by molar-refractivity contribution is 0.898. The van der Waals surface area contributed by atoms with Crippen LogP contribution >= 0.6 is 11.6 Å². The molecule has 0 aliphatic heterocycles. The van der Waals surface area contributed by atoms with Crippen molar-refractivity contribution in [3.8, 4) is 6.07 Å². The second-order valence-electron chi connectivity index (χ2n) is 3.07. The van der Waals surface area contributed by atoms with Crippen molar-refractivity contribution in [2.75, 3.05) is 0 Å². The summed E-state index contributed by atoms with van der Waals surface area (Å²) in [7, 11) is 1.60. The molecule has 4 nitrogen and oxygen atoms in total. The van der Waals surface area contributed by atoms with Crippen LogP contribution in [0.2, 0.25) is 5.15 Å². The molecule has 0 radical (unpaired) electrons. The summed E-state index contributed by atoms with van der Waals surface area (Å²) in [5.41, 5.74) is 0.943. The Bertz CT molecular complexity index is 639. The molecule has 0 atom stereocenters. The quantitative estimate of drug-likeness (QED) is 0.631. The summed E-state index contributed by atoms with van der Waals surface area (Å²) in [5, 5.41) is 9.09. The number of halogens is 1. The van der Waals surface area contributed by atoms with Crippen LogP contribution in [0.3, 0.4) is 0 Å². The summed E-state index contributed by atoms with van der Waals surface area (Å²) in [5.74, 6) is 0. The molecule has 2 aromatic rings. The second kappa shape index (κ2) is 3.37. The summed E-state index contributed by atoms with van der Waals surface area (Å²) >= 11 is 5.72. The van der Waals surface area contributed by atoms with E-state index in [4.69, 9.17) is 16.9 Å². The van der Waals surface area contributed by atoms with Crippen LogP contribution in [0.4, 0.5) is 0 Å². The van der Waals surface area contributed by atoms with Gasteiger partial charge in [0.15, 0.2) is 0 Å². The minimum Gasteiger partial charge on any atom is -0.309 e. The molecule has 0 saturated heterocycles. The maximum Gasteiger partial charge on any atom is 0.268 e. The molecular weight excluding hydrogens is 214 g/mol. The van der Waals surface area contributed by atoms with Crippen molar-refractivity contribution in [3.63, 3.8) is 0 Å². The predicted molar refractivity (Wildman–Crippen MR) is 56.7 cm³/mol. The van der Waals surface area contributed by atoms with E-state index in [-0.39, 0.29) is 11.1 Å². The number of rotatable bonds is 0. The van der Waals surface area contributed by atoms with Crippen molar-refractivity contribution in [2.45, 2.75) is 0 Å². The van der Waals surface area contributed by atoms with Gasteiger partial charge in [-0.25, -0.2) is 4.98 Å². The van der Waals surface area contributed by atoms with E-state index in [1.807, 2.05) is 6.07 Å². The Hall–Kier alpha value is -1.86. The zero-order valence-corrected chi connectivity index (χ0v) is 8.62. The first-order valence-electron chi connectivity index (χ1n) is 4.20. The minimum absolute atomic E-state index is 0.0692. The molecule has 15 heavy (non-hydrogen) atoms. The Morgan fingerprint density at radius 1 is 1.53 bits per heavy atom. The topological polar surface area (TPSA) is 58.7 Å². The Balaban J connectivity index is 2.99. The molecule has 2 aromatic heterocycles. The highest BCUT2D eigenvalue weighted by Gasteiger charge is 2.06. The van der Waals surface area contributed by atoms with Crippen molar-refractivity contribution in [1.82, 2.24) is 9.55 Å². The standard InChI is InChI=1S/C10H6ClN3O/c1-14-8-2-3-9(11)13-7(8)4-6(5-12)10(14)15/h2-4H,1H3. The van der Waals surface area contributed by atoms with Gasteiger partial charge in [-0.15, -0.1) is 0 Å². The van der Waals surface area contributed by atoms with Crippen LogP contribution in [0.15, 0.2) is 23.0 Å². The fourth-order valence-corrected chi connectivity index (χ4v) is 1.56. The third-order valence-corrected chi connectivity index (χ3v) is 2.38. The molecule has 0 amide bonds. The van der Waals surface area contributed by atoms with Crippen molar-refractivity contribution in [1.29, 1.82) is 5.26 Å². The predicted octanol–water partition coefficient (Wildman–Crippen LogP) is 1.46. The lowest BCUT2D eigenvalue weighted by Crippen LogP contribution is -2.19. The van der Waals surface area contributed by atoms with Crippen LogP contribution in [0, 0.1) is 11.3 Å². The van der Waals surface area contributed by atoms with Gasteiger partial charge in [-0.3, -0.25) is 4.79 Å². The highest BCUT2D eigenvalue weighted by atomic mass is 35.5. The lowest BCUT2D eigenvalue weighted by Gasteiger charge is -2.04. The van der Waals surface area contributed by atoms with Gasteiger partial charge in [0.1, 0.15) is 16.8 Å². The van der Waals surface area contributed by atoms with E-state index in [1.165, 1.54) is 10.6 Å². The van der Waals surface area contributed by atoms with E-state index < -0.39 is 0 Å². The number of nitriles is 1. The summed E-state index contributed by atoms with van der Waals surface area (Å²) < 4.78 is 1.39. The fourth-order valence-electron chi connectivity index (χ4n) is 1.40. The van der Waals surface area contributed by atoms with E-state index in [2.05, 4.69) is 4.98 Å². The van der Waals surface area contributed by atoms with E-state index in [0.717, 1.165) is 0 Å². The number of aromatic nitrogens is 2.